The van der Waals surface area contributed by atoms with Gasteiger partial charge in [-0.15, -0.1) is 0 Å². The van der Waals surface area contributed by atoms with Gasteiger partial charge in [-0.2, -0.15) is 0 Å². The van der Waals surface area contributed by atoms with Gasteiger partial charge < -0.3 is 5.11 Å². The van der Waals surface area contributed by atoms with Crippen molar-refractivity contribution in [3.8, 4) is 0 Å². The lowest BCUT2D eigenvalue weighted by atomic mass is 10.1. The van der Waals surface area contributed by atoms with Gasteiger partial charge in [-0.25, -0.2) is 0 Å². The molecule has 1 aromatic rings. The van der Waals surface area contributed by atoms with Crippen LogP contribution in [0.3, 0.4) is 0 Å². The standard InChI is InChI=1S/C11H11ClN2O3S/c1-7(18-6-13-2)11(15)9-5-8(12)3-4-10(9)14(16)17/h3-6,11,15H,1H2,2H3. The second-order valence-corrected chi connectivity index (χ2v) is 4.72. The third-order valence-electron chi connectivity index (χ3n) is 2.10. The molecule has 0 saturated heterocycles. The van der Waals surface area contributed by atoms with E-state index in [0.717, 1.165) is 11.8 Å². The maximum Gasteiger partial charge on any atom is 0.275 e. The lowest BCUT2D eigenvalue weighted by molar-refractivity contribution is -0.386. The third kappa shape index (κ3) is 3.56. The van der Waals surface area contributed by atoms with Crippen molar-refractivity contribution < 1.29 is 10.0 Å². The fraction of sp³-hybridized carbons (Fsp3) is 0.182. The maximum atomic E-state index is 10.9. The first-order valence-electron chi connectivity index (χ1n) is 4.85. The zero-order chi connectivity index (χ0) is 13.7. The number of hydrogen-bond acceptors (Lipinski definition) is 5. The number of nitro groups is 1. The van der Waals surface area contributed by atoms with E-state index in [1.165, 1.54) is 23.7 Å². The van der Waals surface area contributed by atoms with E-state index >= 15 is 0 Å². The van der Waals surface area contributed by atoms with Crippen LogP contribution in [0.25, 0.3) is 0 Å². The van der Waals surface area contributed by atoms with Crippen molar-refractivity contribution in [3.05, 3.63) is 50.4 Å². The van der Waals surface area contributed by atoms with Crippen LogP contribution in [0.2, 0.25) is 5.02 Å². The van der Waals surface area contributed by atoms with Crippen molar-refractivity contribution in [2.75, 3.05) is 7.05 Å². The van der Waals surface area contributed by atoms with E-state index in [0.29, 0.717) is 9.93 Å². The lowest BCUT2D eigenvalue weighted by Crippen LogP contribution is -2.03. The minimum absolute atomic E-state index is 0.120. The fourth-order valence-electron chi connectivity index (χ4n) is 1.27. The topological polar surface area (TPSA) is 75.7 Å². The quantitative estimate of drug-likeness (QED) is 0.390. The molecule has 0 fully saturated rings. The van der Waals surface area contributed by atoms with Crippen LogP contribution in [0.15, 0.2) is 34.7 Å². The molecule has 0 aliphatic rings. The Balaban J connectivity index is 3.10. The molecule has 0 heterocycles. The van der Waals surface area contributed by atoms with E-state index in [-0.39, 0.29) is 11.3 Å². The molecule has 0 aliphatic carbocycles. The molecule has 0 radical (unpaired) electrons. The summed E-state index contributed by atoms with van der Waals surface area (Å²) in [5, 5.41) is 21.2. The van der Waals surface area contributed by atoms with Crippen molar-refractivity contribution in [1.82, 2.24) is 0 Å². The monoisotopic (exact) mass is 286 g/mol. The number of rotatable bonds is 5. The molecule has 0 saturated carbocycles. The average Bonchev–Trinajstić information content (AvgIpc) is 2.34. The van der Waals surface area contributed by atoms with E-state index in [1.54, 1.807) is 7.05 Å². The molecule has 0 bridgehead atoms. The summed E-state index contributed by atoms with van der Waals surface area (Å²) in [5.74, 6) is 0. The van der Waals surface area contributed by atoms with Crippen LogP contribution in [-0.4, -0.2) is 22.6 Å². The van der Waals surface area contributed by atoms with Gasteiger partial charge in [-0.1, -0.05) is 29.9 Å². The molecule has 96 valence electrons. The van der Waals surface area contributed by atoms with E-state index in [1.807, 2.05) is 0 Å². The van der Waals surface area contributed by atoms with Crippen molar-refractivity contribution in [3.63, 3.8) is 0 Å². The second kappa shape index (κ2) is 6.53. The van der Waals surface area contributed by atoms with Gasteiger partial charge in [-0.05, 0) is 12.1 Å². The molecule has 1 aromatic carbocycles. The van der Waals surface area contributed by atoms with Crippen LogP contribution in [0.1, 0.15) is 11.7 Å². The number of thioether (sulfide) groups is 1. The molecule has 7 heteroatoms. The van der Waals surface area contributed by atoms with Crippen LogP contribution in [0.5, 0.6) is 0 Å². The molecule has 18 heavy (non-hydrogen) atoms. The molecule has 1 rings (SSSR count). The third-order valence-corrected chi connectivity index (χ3v) is 3.17. The highest BCUT2D eigenvalue weighted by Crippen LogP contribution is 2.35. The normalized spacial score (nSPS) is 12.6. The van der Waals surface area contributed by atoms with Gasteiger partial charge in [0.2, 0.25) is 0 Å². The summed E-state index contributed by atoms with van der Waals surface area (Å²) in [6, 6.07) is 4.02. The average molecular weight is 287 g/mol. The Morgan fingerprint density at radius 3 is 2.94 bits per heavy atom. The van der Waals surface area contributed by atoms with Crippen LogP contribution in [0.4, 0.5) is 5.69 Å². The summed E-state index contributed by atoms with van der Waals surface area (Å²) in [4.78, 5) is 14.4. The number of benzene rings is 1. The zero-order valence-electron chi connectivity index (χ0n) is 9.54. The Labute approximate surface area is 113 Å². The molecule has 1 unspecified atom stereocenters. The van der Waals surface area contributed by atoms with Crippen molar-refractivity contribution >= 4 is 34.6 Å². The van der Waals surface area contributed by atoms with Crippen molar-refractivity contribution in [2.45, 2.75) is 6.10 Å². The maximum absolute atomic E-state index is 10.9. The summed E-state index contributed by atoms with van der Waals surface area (Å²) in [6.45, 7) is 3.65. The van der Waals surface area contributed by atoms with E-state index in [9.17, 15) is 15.2 Å². The first-order valence-corrected chi connectivity index (χ1v) is 6.11. The number of nitrogens with zero attached hydrogens (tertiary/aromatic N) is 2. The Kier molecular flexibility index (Phi) is 5.33. The fourth-order valence-corrected chi connectivity index (χ4v) is 1.95. The molecular weight excluding hydrogens is 276 g/mol. The number of aliphatic hydroxyl groups is 1. The van der Waals surface area contributed by atoms with Gasteiger partial charge in [0, 0.05) is 23.0 Å². The van der Waals surface area contributed by atoms with E-state index < -0.39 is 11.0 Å². The number of halogens is 1. The van der Waals surface area contributed by atoms with Gasteiger partial charge in [0.25, 0.3) is 5.69 Å². The van der Waals surface area contributed by atoms with E-state index in [2.05, 4.69) is 11.6 Å². The summed E-state index contributed by atoms with van der Waals surface area (Å²) < 4.78 is 0. The number of aliphatic imine (C=N–C) groups is 1. The van der Waals surface area contributed by atoms with Crippen molar-refractivity contribution in [2.24, 2.45) is 4.99 Å². The molecule has 1 N–H and O–H groups in total. The molecule has 5 nitrogen and oxygen atoms in total. The Hall–Kier alpha value is -1.37. The van der Waals surface area contributed by atoms with Crippen LogP contribution >= 0.6 is 23.4 Å². The van der Waals surface area contributed by atoms with Crippen LogP contribution in [0, 0.1) is 10.1 Å². The Morgan fingerprint density at radius 2 is 2.39 bits per heavy atom. The Morgan fingerprint density at radius 1 is 1.72 bits per heavy atom. The zero-order valence-corrected chi connectivity index (χ0v) is 11.1. The minimum atomic E-state index is -1.17. The summed E-state index contributed by atoms with van der Waals surface area (Å²) in [7, 11) is 1.58. The second-order valence-electron chi connectivity index (χ2n) is 3.31. The predicted molar refractivity (Wildman–Crippen MR) is 74.2 cm³/mol. The minimum Gasteiger partial charge on any atom is -0.383 e. The highest BCUT2D eigenvalue weighted by molar-refractivity contribution is 8.15. The molecule has 1 atom stereocenters. The van der Waals surface area contributed by atoms with Gasteiger partial charge in [0.1, 0.15) is 6.10 Å². The SMILES string of the molecule is C=C(SC=NC)C(O)c1cc(Cl)ccc1[N+](=O)[O-]. The van der Waals surface area contributed by atoms with Crippen molar-refractivity contribution in [1.29, 1.82) is 0 Å². The first-order chi connectivity index (χ1) is 8.47. The highest BCUT2D eigenvalue weighted by atomic mass is 35.5. The predicted octanol–water partition coefficient (Wildman–Crippen LogP) is 3.19. The Bertz CT molecular complexity index is 505. The summed E-state index contributed by atoms with van der Waals surface area (Å²) in [6.07, 6.45) is -1.17. The molecule has 0 aromatic heterocycles. The van der Waals surface area contributed by atoms with Gasteiger partial charge >= 0.3 is 0 Å². The number of nitro benzene ring substituents is 1. The summed E-state index contributed by atoms with van der Waals surface area (Å²) >= 11 is 6.88. The largest absolute Gasteiger partial charge is 0.383 e. The molecule has 0 spiro atoms. The summed E-state index contributed by atoms with van der Waals surface area (Å²) in [5.41, 5.74) is 1.42. The molecule has 0 amide bonds. The van der Waals surface area contributed by atoms with Crippen LogP contribution in [-0.2, 0) is 0 Å². The van der Waals surface area contributed by atoms with E-state index in [4.69, 9.17) is 11.6 Å². The van der Waals surface area contributed by atoms with Gasteiger partial charge in [0.15, 0.2) is 0 Å². The number of hydrogen-bond donors (Lipinski definition) is 1. The number of aliphatic hydroxyl groups excluding tert-OH is 1. The molecule has 0 aliphatic heterocycles. The first kappa shape index (κ1) is 14.7. The van der Waals surface area contributed by atoms with Gasteiger partial charge in [0.05, 0.1) is 16.0 Å². The lowest BCUT2D eigenvalue weighted by Gasteiger charge is -2.12. The highest BCUT2D eigenvalue weighted by Gasteiger charge is 2.22. The smallest absolute Gasteiger partial charge is 0.275 e. The molecular formula is C11H11ClN2O3S. The van der Waals surface area contributed by atoms with Crippen LogP contribution < -0.4 is 0 Å². The van der Waals surface area contributed by atoms with Gasteiger partial charge in [-0.3, -0.25) is 15.1 Å².